The molecule has 6 nitrogen and oxygen atoms in total. The second kappa shape index (κ2) is 9.97. The van der Waals surface area contributed by atoms with Crippen molar-refractivity contribution in [1.29, 1.82) is 10.5 Å². The predicted molar refractivity (Wildman–Crippen MR) is 113 cm³/mol. The van der Waals surface area contributed by atoms with Gasteiger partial charge in [0.2, 0.25) is 0 Å². The van der Waals surface area contributed by atoms with Crippen molar-refractivity contribution in [3.8, 4) is 35.0 Å². The fourth-order valence-corrected chi connectivity index (χ4v) is 3.87. The molecular formula is C21H18ClN5OS. The topological polar surface area (TPSA) is 87.5 Å². The first-order chi connectivity index (χ1) is 14.2. The van der Waals surface area contributed by atoms with Gasteiger partial charge in [0.05, 0.1) is 25.2 Å². The molecule has 0 saturated carbocycles. The molecule has 8 heteroatoms. The number of methoxy groups -OCH3 is 1. The monoisotopic (exact) mass is 423 g/mol. The number of nitrogens with zero attached hydrogens (tertiary/aromatic N) is 5. The van der Waals surface area contributed by atoms with Crippen molar-refractivity contribution in [2.45, 2.75) is 18.0 Å². The maximum absolute atomic E-state index is 9.34. The molecule has 0 fully saturated rings. The molecule has 0 aliphatic carbocycles. The van der Waals surface area contributed by atoms with E-state index in [4.69, 9.17) is 21.6 Å². The first-order valence-corrected chi connectivity index (χ1v) is 10.3. The number of nitriles is 2. The lowest BCUT2D eigenvalue weighted by molar-refractivity contribution is 0.415. The minimum atomic E-state index is -0.227. The van der Waals surface area contributed by atoms with Gasteiger partial charge in [0.15, 0.2) is 11.0 Å². The van der Waals surface area contributed by atoms with Gasteiger partial charge in [0.1, 0.15) is 5.75 Å². The summed E-state index contributed by atoms with van der Waals surface area (Å²) in [6.07, 6.45) is 0.898. The Hall–Kier alpha value is -3.00. The number of ether oxygens (including phenoxy) is 1. The third-order valence-corrected chi connectivity index (χ3v) is 5.59. The summed E-state index contributed by atoms with van der Waals surface area (Å²) in [6.45, 7) is 0. The highest BCUT2D eigenvalue weighted by Crippen LogP contribution is 2.31. The van der Waals surface area contributed by atoms with Gasteiger partial charge in [0.25, 0.3) is 0 Å². The van der Waals surface area contributed by atoms with Crippen LogP contribution in [0.1, 0.15) is 12.8 Å². The predicted octanol–water partition coefficient (Wildman–Crippen LogP) is 5.13. The summed E-state index contributed by atoms with van der Waals surface area (Å²) in [5.74, 6) is 1.69. The summed E-state index contributed by atoms with van der Waals surface area (Å²) in [6, 6.07) is 19.4. The van der Waals surface area contributed by atoms with Crippen LogP contribution in [0.3, 0.4) is 0 Å². The Kier molecular flexibility index (Phi) is 7.13. The average Bonchev–Trinajstić information content (AvgIpc) is 3.18. The van der Waals surface area contributed by atoms with E-state index in [2.05, 4.69) is 22.3 Å². The number of rotatable bonds is 8. The minimum Gasteiger partial charge on any atom is -0.497 e. The Morgan fingerprint density at radius 3 is 2.66 bits per heavy atom. The Morgan fingerprint density at radius 1 is 1.17 bits per heavy atom. The van der Waals surface area contributed by atoms with Crippen LogP contribution in [0.5, 0.6) is 5.75 Å². The van der Waals surface area contributed by atoms with E-state index < -0.39 is 0 Å². The number of thioether (sulfide) groups is 1. The molecule has 0 spiro atoms. The molecule has 1 atom stereocenters. The van der Waals surface area contributed by atoms with Crippen molar-refractivity contribution < 1.29 is 4.74 Å². The van der Waals surface area contributed by atoms with Crippen LogP contribution < -0.4 is 4.74 Å². The summed E-state index contributed by atoms with van der Waals surface area (Å²) in [5, 5.41) is 28.2. The highest BCUT2D eigenvalue weighted by molar-refractivity contribution is 7.99. The summed E-state index contributed by atoms with van der Waals surface area (Å²) in [4.78, 5) is 0. The van der Waals surface area contributed by atoms with Gasteiger partial charge < -0.3 is 4.74 Å². The van der Waals surface area contributed by atoms with Gasteiger partial charge in [-0.2, -0.15) is 10.5 Å². The van der Waals surface area contributed by atoms with Gasteiger partial charge in [-0.25, -0.2) is 0 Å². The Morgan fingerprint density at radius 2 is 1.97 bits per heavy atom. The van der Waals surface area contributed by atoms with Gasteiger partial charge >= 0.3 is 0 Å². The number of aromatic nitrogens is 3. The maximum atomic E-state index is 9.34. The van der Waals surface area contributed by atoms with Gasteiger partial charge in [-0.1, -0.05) is 35.5 Å². The molecule has 0 radical (unpaired) electrons. The molecule has 29 heavy (non-hydrogen) atoms. The SMILES string of the molecule is COc1cccc(-c2nnc(SC[C@H](C#N)CCC#N)n2-c2ccc(Cl)cc2)c1. The van der Waals surface area contributed by atoms with Crippen LogP contribution in [0.15, 0.2) is 53.7 Å². The molecular weight excluding hydrogens is 406 g/mol. The highest BCUT2D eigenvalue weighted by Gasteiger charge is 2.18. The quantitative estimate of drug-likeness (QED) is 0.466. The van der Waals surface area contributed by atoms with Crippen molar-refractivity contribution >= 4 is 23.4 Å². The zero-order valence-corrected chi connectivity index (χ0v) is 17.3. The van der Waals surface area contributed by atoms with Crippen LogP contribution in [-0.2, 0) is 0 Å². The summed E-state index contributed by atoms with van der Waals surface area (Å²) in [7, 11) is 1.62. The van der Waals surface area contributed by atoms with E-state index in [0.717, 1.165) is 17.0 Å². The van der Waals surface area contributed by atoms with Crippen molar-refractivity contribution in [2.24, 2.45) is 5.92 Å². The van der Waals surface area contributed by atoms with Gasteiger partial charge in [-0.3, -0.25) is 4.57 Å². The van der Waals surface area contributed by atoms with Crippen molar-refractivity contribution in [3.63, 3.8) is 0 Å². The average molecular weight is 424 g/mol. The van der Waals surface area contributed by atoms with E-state index in [1.54, 1.807) is 7.11 Å². The van der Waals surface area contributed by atoms with Gasteiger partial charge in [-0.05, 0) is 42.8 Å². The standard InChI is InChI=1S/C21H18ClN5OS/c1-28-19-6-2-5-16(12-19)20-25-26-21(29-14-15(13-24)4-3-11-23)27(20)18-9-7-17(22)8-10-18/h2,5-10,12,15H,3-4,14H2,1H3/t15-/m0/s1. The minimum absolute atomic E-state index is 0.227. The van der Waals surface area contributed by atoms with Crippen LogP contribution in [0.25, 0.3) is 17.1 Å². The lowest BCUT2D eigenvalue weighted by atomic mass is 10.1. The number of hydrogen-bond acceptors (Lipinski definition) is 6. The molecule has 1 aromatic heterocycles. The van der Waals surface area contributed by atoms with E-state index in [-0.39, 0.29) is 5.92 Å². The number of halogens is 1. The van der Waals surface area contributed by atoms with E-state index in [9.17, 15) is 5.26 Å². The molecule has 2 aromatic carbocycles. The largest absolute Gasteiger partial charge is 0.497 e. The fraction of sp³-hybridized carbons (Fsp3) is 0.238. The molecule has 0 bridgehead atoms. The third kappa shape index (κ3) is 5.08. The van der Waals surface area contributed by atoms with E-state index >= 15 is 0 Å². The second-order valence-corrected chi connectivity index (χ2v) is 7.61. The molecule has 0 unspecified atom stereocenters. The first kappa shape index (κ1) is 20.7. The van der Waals surface area contributed by atoms with Crippen LogP contribution >= 0.6 is 23.4 Å². The number of benzene rings is 2. The Bertz CT molecular complexity index is 1050. The maximum Gasteiger partial charge on any atom is 0.196 e. The smallest absolute Gasteiger partial charge is 0.196 e. The highest BCUT2D eigenvalue weighted by atomic mass is 35.5. The van der Waals surface area contributed by atoms with E-state index in [0.29, 0.717) is 34.6 Å². The van der Waals surface area contributed by atoms with Crippen LogP contribution in [0.4, 0.5) is 0 Å². The zero-order chi connectivity index (χ0) is 20.6. The molecule has 0 saturated heterocycles. The molecule has 0 N–H and O–H groups in total. The Labute approximate surface area is 178 Å². The molecule has 0 amide bonds. The first-order valence-electron chi connectivity index (χ1n) is 8.91. The molecule has 0 aliphatic heterocycles. The van der Waals surface area contributed by atoms with E-state index in [1.807, 2.05) is 53.1 Å². The molecule has 3 aromatic rings. The van der Waals surface area contributed by atoms with Crippen molar-refractivity contribution in [3.05, 3.63) is 53.6 Å². The number of hydrogen-bond donors (Lipinski definition) is 0. The summed E-state index contributed by atoms with van der Waals surface area (Å²) in [5.41, 5.74) is 1.73. The second-order valence-electron chi connectivity index (χ2n) is 6.18. The Balaban J connectivity index is 1.98. The lowest BCUT2D eigenvalue weighted by Gasteiger charge is -2.12. The van der Waals surface area contributed by atoms with Crippen LogP contribution in [-0.4, -0.2) is 27.6 Å². The third-order valence-electron chi connectivity index (χ3n) is 4.25. The van der Waals surface area contributed by atoms with Crippen LogP contribution in [0, 0.1) is 28.6 Å². The summed E-state index contributed by atoms with van der Waals surface area (Å²) >= 11 is 7.50. The fourth-order valence-electron chi connectivity index (χ4n) is 2.73. The zero-order valence-electron chi connectivity index (χ0n) is 15.7. The van der Waals surface area contributed by atoms with Crippen molar-refractivity contribution in [2.75, 3.05) is 12.9 Å². The lowest BCUT2D eigenvalue weighted by Crippen LogP contribution is -2.04. The molecule has 0 aliphatic rings. The normalized spacial score (nSPS) is 11.4. The molecule has 3 rings (SSSR count). The summed E-state index contributed by atoms with van der Waals surface area (Å²) < 4.78 is 7.27. The molecule has 146 valence electrons. The van der Waals surface area contributed by atoms with Gasteiger partial charge in [-0.15, -0.1) is 10.2 Å². The van der Waals surface area contributed by atoms with Gasteiger partial charge in [0, 0.05) is 28.4 Å². The van der Waals surface area contributed by atoms with Crippen molar-refractivity contribution in [1.82, 2.24) is 14.8 Å². The van der Waals surface area contributed by atoms with E-state index in [1.165, 1.54) is 11.8 Å². The molecule has 1 heterocycles. The van der Waals surface area contributed by atoms with Crippen LogP contribution in [0.2, 0.25) is 5.02 Å².